The Morgan fingerprint density at radius 3 is 2.45 bits per heavy atom. The van der Waals surface area contributed by atoms with Crippen LogP contribution in [-0.2, 0) is 28.9 Å². The predicted molar refractivity (Wildman–Crippen MR) is 152 cm³/mol. The number of nitrogens with zero attached hydrogens (tertiary/aromatic N) is 2. The summed E-state index contributed by atoms with van der Waals surface area (Å²) in [5, 5.41) is 0. The summed E-state index contributed by atoms with van der Waals surface area (Å²) in [5.74, 6) is -0.170. The van der Waals surface area contributed by atoms with E-state index in [4.69, 9.17) is 15.2 Å². The van der Waals surface area contributed by atoms with E-state index in [1.165, 1.54) is 5.56 Å². The first-order valence-electron chi connectivity index (χ1n) is 12.5. The number of aromatic nitrogens is 1. The average Bonchev–Trinajstić information content (AvgIpc) is 2.92. The Labute approximate surface area is 236 Å². The molecular weight excluding hydrogens is 525 g/mol. The molecule has 7 nitrogen and oxygen atoms in total. The molecule has 38 heavy (non-hydrogen) atoms. The number of pyridine rings is 1. The van der Waals surface area contributed by atoms with E-state index in [1.807, 2.05) is 54.7 Å². The second-order valence-corrected chi connectivity index (χ2v) is 9.00. The van der Waals surface area contributed by atoms with Crippen molar-refractivity contribution in [3.8, 4) is 0 Å². The number of likely N-dealkylation sites (tertiary alicyclic amines) is 1. The number of nitrogens with two attached hydrogens (primary N) is 1. The van der Waals surface area contributed by atoms with Crippen molar-refractivity contribution >= 4 is 36.9 Å². The lowest BCUT2D eigenvalue weighted by Gasteiger charge is -2.38. The van der Waals surface area contributed by atoms with E-state index in [0.29, 0.717) is 25.1 Å². The molecule has 0 saturated carbocycles. The fourth-order valence-corrected chi connectivity index (χ4v) is 4.69. The summed E-state index contributed by atoms with van der Waals surface area (Å²) in [4.78, 5) is 31.7. The number of piperidine rings is 1. The molecule has 4 rings (SSSR count). The SMILES string of the molecule is CCOC(=O)O[C@@H]1CN(C(=O)c2cncc(CCc3ccccc3)c2)CC[C@@H]1c1cccc(CN)c1.Cl.Cl. The highest BCUT2D eigenvalue weighted by molar-refractivity contribution is 5.94. The van der Waals surface area contributed by atoms with Gasteiger partial charge in [0.2, 0.25) is 0 Å². The second-order valence-electron chi connectivity index (χ2n) is 9.00. The number of ether oxygens (including phenoxy) is 2. The first kappa shape index (κ1) is 31.1. The number of aryl methyl sites for hydroxylation is 2. The molecule has 2 atom stereocenters. The summed E-state index contributed by atoms with van der Waals surface area (Å²) in [6.45, 7) is 3.22. The maximum Gasteiger partial charge on any atom is 0.508 e. The van der Waals surface area contributed by atoms with Crippen molar-refractivity contribution in [2.75, 3.05) is 19.7 Å². The van der Waals surface area contributed by atoms with Crippen LogP contribution in [0.15, 0.2) is 73.1 Å². The summed E-state index contributed by atoms with van der Waals surface area (Å²) >= 11 is 0. The third-order valence-electron chi connectivity index (χ3n) is 6.56. The van der Waals surface area contributed by atoms with Crippen LogP contribution in [0.25, 0.3) is 0 Å². The van der Waals surface area contributed by atoms with Crippen LogP contribution in [0.2, 0.25) is 0 Å². The molecule has 3 aromatic rings. The number of rotatable bonds is 8. The van der Waals surface area contributed by atoms with E-state index in [2.05, 4.69) is 17.1 Å². The van der Waals surface area contributed by atoms with E-state index in [1.54, 1.807) is 18.0 Å². The summed E-state index contributed by atoms with van der Waals surface area (Å²) in [7, 11) is 0. The van der Waals surface area contributed by atoms with Crippen molar-refractivity contribution in [1.29, 1.82) is 0 Å². The van der Waals surface area contributed by atoms with Gasteiger partial charge in [0.05, 0.1) is 18.7 Å². The van der Waals surface area contributed by atoms with Crippen LogP contribution < -0.4 is 5.73 Å². The average molecular weight is 561 g/mol. The minimum Gasteiger partial charge on any atom is -0.435 e. The second kappa shape index (κ2) is 15.3. The van der Waals surface area contributed by atoms with Crippen molar-refractivity contribution in [2.24, 2.45) is 5.73 Å². The molecule has 1 amide bonds. The lowest BCUT2D eigenvalue weighted by Crippen LogP contribution is -2.47. The molecular formula is C29H35Cl2N3O4. The minimum absolute atomic E-state index is 0. The Morgan fingerprint density at radius 2 is 1.71 bits per heavy atom. The summed E-state index contributed by atoms with van der Waals surface area (Å²) in [6.07, 6.45) is 4.50. The fraction of sp³-hybridized carbons (Fsp3) is 0.345. The number of amides is 1. The number of carbonyl (C=O) groups excluding carboxylic acids is 2. The molecule has 204 valence electrons. The monoisotopic (exact) mass is 559 g/mol. The zero-order valence-corrected chi connectivity index (χ0v) is 23.1. The number of carbonyl (C=O) groups is 2. The van der Waals surface area contributed by atoms with Gasteiger partial charge in [-0.05, 0) is 54.5 Å². The quantitative estimate of drug-likeness (QED) is 0.374. The molecule has 0 bridgehead atoms. The molecule has 0 spiro atoms. The van der Waals surface area contributed by atoms with Crippen molar-refractivity contribution in [1.82, 2.24) is 9.88 Å². The molecule has 2 N–H and O–H groups in total. The minimum atomic E-state index is -0.721. The smallest absolute Gasteiger partial charge is 0.435 e. The predicted octanol–water partition coefficient (Wildman–Crippen LogP) is 5.34. The van der Waals surface area contributed by atoms with E-state index < -0.39 is 12.3 Å². The van der Waals surface area contributed by atoms with Crippen LogP contribution in [0.1, 0.15) is 51.9 Å². The maximum atomic E-state index is 13.4. The fourth-order valence-electron chi connectivity index (χ4n) is 4.69. The molecule has 0 aliphatic carbocycles. The number of hydrogen-bond donors (Lipinski definition) is 1. The molecule has 1 aromatic heterocycles. The largest absolute Gasteiger partial charge is 0.508 e. The third kappa shape index (κ3) is 8.18. The molecule has 1 aliphatic rings. The van der Waals surface area contributed by atoms with Gasteiger partial charge in [0.15, 0.2) is 0 Å². The van der Waals surface area contributed by atoms with Gasteiger partial charge in [-0.25, -0.2) is 4.79 Å². The molecule has 2 heterocycles. The Bertz CT molecular complexity index is 1180. The van der Waals surface area contributed by atoms with Crippen LogP contribution in [0.5, 0.6) is 0 Å². The van der Waals surface area contributed by atoms with Crippen LogP contribution in [-0.4, -0.2) is 47.7 Å². The Balaban J connectivity index is 0.00000253. The Morgan fingerprint density at radius 1 is 0.974 bits per heavy atom. The zero-order chi connectivity index (χ0) is 25.3. The van der Waals surface area contributed by atoms with Gasteiger partial charge in [0.25, 0.3) is 5.91 Å². The summed E-state index contributed by atoms with van der Waals surface area (Å²) in [6, 6.07) is 20.2. The normalized spacial score (nSPS) is 16.5. The first-order chi connectivity index (χ1) is 17.6. The topological polar surface area (TPSA) is 94.8 Å². The van der Waals surface area contributed by atoms with E-state index >= 15 is 0 Å². The molecule has 1 fully saturated rings. The van der Waals surface area contributed by atoms with E-state index in [9.17, 15) is 9.59 Å². The van der Waals surface area contributed by atoms with Crippen molar-refractivity contribution < 1.29 is 19.1 Å². The van der Waals surface area contributed by atoms with Crippen molar-refractivity contribution in [2.45, 2.75) is 44.8 Å². The van der Waals surface area contributed by atoms with E-state index in [0.717, 1.165) is 29.5 Å². The highest BCUT2D eigenvalue weighted by atomic mass is 35.5. The summed E-state index contributed by atoms with van der Waals surface area (Å²) < 4.78 is 10.7. The molecule has 9 heteroatoms. The standard InChI is InChI=1S/C29H33N3O4.2ClH/c1-2-35-29(34)36-27-20-32(14-13-26(27)24-10-6-9-22(15-24)17-30)28(33)25-16-23(18-31-19-25)12-11-21-7-4-3-5-8-21;;/h3-10,15-16,18-19,26-27H,2,11-14,17,20,30H2,1H3;2*1H/t26-,27-;;/m1../s1. The molecule has 0 unspecified atom stereocenters. The van der Waals surface area contributed by atoms with Gasteiger partial charge in [-0.1, -0.05) is 54.6 Å². The molecule has 1 saturated heterocycles. The van der Waals surface area contributed by atoms with Crippen LogP contribution in [0, 0.1) is 0 Å². The number of halogens is 2. The van der Waals surface area contributed by atoms with Gasteiger partial charge in [0.1, 0.15) is 6.10 Å². The van der Waals surface area contributed by atoms with Crippen LogP contribution in [0.4, 0.5) is 4.79 Å². The van der Waals surface area contributed by atoms with Crippen LogP contribution >= 0.6 is 24.8 Å². The summed E-state index contributed by atoms with van der Waals surface area (Å²) in [5.41, 5.74) is 10.7. The lowest BCUT2D eigenvalue weighted by molar-refractivity contribution is -0.0110. The number of hydrogen-bond acceptors (Lipinski definition) is 6. The van der Waals surface area contributed by atoms with Crippen molar-refractivity contribution in [3.63, 3.8) is 0 Å². The molecule has 1 aliphatic heterocycles. The Kier molecular flexibility index (Phi) is 12.5. The number of benzene rings is 2. The van der Waals surface area contributed by atoms with E-state index in [-0.39, 0.29) is 49.8 Å². The van der Waals surface area contributed by atoms with Crippen LogP contribution in [0.3, 0.4) is 0 Å². The van der Waals surface area contributed by atoms with Gasteiger partial charge in [-0.15, -0.1) is 24.8 Å². The zero-order valence-electron chi connectivity index (χ0n) is 21.5. The molecule has 0 radical (unpaired) electrons. The van der Waals surface area contributed by atoms with Gasteiger partial charge in [-0.2, -0.15) is 0 Å². The lowest BCUT2D eigenvalue weighted by atomic mass is 9.86. The van der Waals surface area contributed by atoms with Gasteiger partial charge >= 0.3 is 6.16 Å². The molecule has 2 aromatic carbocycles. The van der Waals surface area contributed by atoms with Crippen molar-refractivity contribution in [3.05, 3.63) is 101 Å². The van der Waals surface area contributed by atoms with Gasteiger partial charge < -0.3 is 20.1 Å². The Hall–Kier alpha value is -3.13. The highest BCUT2D eigenvalue weighted by Crippen LogP contribution is 2.32. The third-order valence-corrected chi connectivity index (χ3v) is 6.56. The van der Waals surface area contributed by atoms with Gasteiger partial charge in [-0.3, -0.25) is 9.78 Å². The first-order valence-corrected chi connectivity index (χ1v) is 12.5. The highest BCUT2D eigenvalue weighted by Gasteiger charge is 2.36. The van der Waals surface area contributed by atoms with Gasteiger partial charge in [0, 0.05) is 31.4 Å². The maximum absolute atomic E-state index is 13.4.